The van der Waals surface area contributed by atoms with Crippen molar-refractivity contribution >= 4 is 29.1 Å². The SMILES string of the molecule is CCOc1ccccc1N1C[C@@H](C(=O)NCc2ccccc2Cl)CC1=O. The van der Waals surface area contributed by atoms with Crippen LogP contribution in [-0.2, 0) is 16.1 Å². The van der Waals surface area contributed by atoms with Gasteiger partial charge in [-0.1, -0.05) is 41.9 Å². The van der Waals surface area contributed by atoms with Gasteiger partial charge < -0.3 is 15.0 Å². The Hall–Kier alpha value is -2.53. The number of anilines is 1. The molecule has 1 atom stereocenters. The summed E-state index contributed by atoms with van der Waals surface area (Å²) >= 11 is 6.11. The molecule has 0 saturated carbocycles. The normalized spacial score (nSPS) is 16.6. The predicted molar refractivity (Wildman–Crippen MR) is 101 cm³/mol. The molecule has 0 bridgehead atoms. The number of nitrogens with zero attached hydrogens (tertiary/aromatic N) is 1. The summed E-state index contributed by atoms with van der Waals surface area (Å²) in [5, 5.41) is 3.49. The Labute approximate surface area is 157 Å². The predicted octanol–water partition coefficient (Wildman–Crippen LogP) is 3.41. The number of carbonyl (C=O) groups is 2. The number of hydrogen-bond donors (Lipinski definition) is 1. The molecule has 6 heteroatoms. The molecule has 1 aliphatic rings. The van der Waals surface area contributed by atoms with Crippen LogP contribution in [0.3, 0.4) is 0 Å². The lowest BCUT2D eigenvalue weighted by atomic mass is 10.1. The van der Waals surface area contributed by atoms with Gasteiger partial charge in [0.15, 0.2) is 0 Å². The standard InChI is InChI=1S/C20H21ClN2O3/c1-2-26-18-10-6-5-9-17(18)23-13-15(11-19(23)24)20(25)22-12-14-7-3-4-8-16(14)21/h3-10,15H,2,11-13H2,1H3,(H,22,25)/t15-/m0/s1. The number of nitrogens with one attached hydrogen (secondary N) is 1. The van der Waals surface area contributed by atoms with E-state index in [0.29, 0.717) is 36.2 Å². The van der Waals surface area contributed by atoms with Crippen LogP contribution in [-0.4, -0.2) is 25.0 Å². The summed E-state index contributed by atoms with van der Waals surface area (Å²) in [5.74, 6) is 0.0462. The first-order chi connectivity index (χ1) is 12.6. The fourth-order valence-electron chi connectivity index (χ4n) is 3.04. The molecule has 1 fully saturated rings. The van der Waals surface area contributed by atoms with Crippen molar-refractivity contribution in [1.29, 1.82) is 0 Å². The molecule has 1 heterocycles. The Kier molecular flexibility index (Phi) is 5.78. The zero-order valence-electron chi connectivity index (χ0n) is 14.6. The molecule has 2 aromatic carbocycles. The van der Waals surface area contributed by atoms with E-state index in [-0.39, 0.29) is 24.2 Å². The highest BCUT2D eigenvalue weighted by Crippen LogP contribution is 2.33. The smallest absolute Gasteiger partial charge is 0.227 e. The molecule has 2 amide bonds. The number of carbonyl (C=O) groups excluding carboxylic acids is 2. The van der Waals surface area contributed by atoms with Gasteiger partial charge in [-0.2, -0.15) is 0 Å². The molecule has 0 spiro atoms. The van der Waals surface area contributed by atoms with Crippen LogP contribution in [0, 0.1) is 5.92 Å². The minimum Gasteiger partial charge on any atom is -0.492 e. The summed E-state index contributed by atoms with van der Waals surface area (Å²) < 4.78 is 5.60. The Morgan fingerprint density at radius 2 is 1.96 bits per heavy atom. The number of rotatable bonds is 6. The van der Waals surface area contributed by atoms with Gasteiger partial charge in [0.05, 0.1) is 18.2 Å². The third-order valence-electron chi connectivity index (χ3n) is 4.36. The highest BCUT2D eigenvalue weighted by atomic mass is 35.5. The van der Waals surface area contributed by atoms with E-state index in [2.05, 4.69) is 5.32 Å². The maximum Gasteiger partial charge on any atom is 0.227 e. The summed E-state index contributed by atoms with van der Waals surface area (Å²) in [7, 11) is 0. The molecule has 3 rings (SSSR count). The van der Waals surface area contributed by atoms with Crippen molar-refractivity contribution < 1.29 is 14.3 Å². The molecule has 0 aliphatic carbocycles. The maximum atomic E-state index is 12.5. The van der Waals surface area contributed by atoms with Gasteiger partial charge in [-0.25, -0.2) is 0 Å². The largest absolute Gasteiger partial charge is 0.492 e. The molecule has 0 aromatic heterocycles. The molecule has 0 radical (unpaired) electrons. The number of amides is 2. The summed E-state index contributed by atoms with van der Waals surface area (Å²) in [6, 6.07) is 14.8. The van der Waals surface area contributed by atoms with Gasteiger partial charge in [0.1, 0.15) is 5.75 Å². The topological polar surface area (TPSA) is 58.6 Å². The Bertz CT molecular complexity index is 809. The third kappa shape index (κ3) is 3.99. The first-order valence-corrected chi connectivity index (χ1v) is 9.01. The molecule has 1 aliphatic heterocycles. The van der Waals surface area contributed by atoms with Crippen LogP contribution < -0.4 is 15.0 Å². The number of halogens is 1. The molecule has 136 valence electrons. The molecular weight excluding hydrogens is 352 g/mol. The van der Waals surface area contributed by atoms with E-state index in [4.69, 9.17) is 16.3 Å². The van der Waals surface area contributed by atoms with E-state index in [0.717, 1.165) is 5.56 Å². The summed E-state index contributed by atoms with van der Waals surface area (Å²) in [6.07, 6.45) is 0.189. The Morgan fingerprint density at radius 3 is 2.73 bits per heavy atom. The third-order valence-corrected chi connectivity index (χ3v) is 4.73. The lowest BCUT2D eigenvalue weighted by molar-refractivity contribution is -0.126. The molecule has 2 aromatic rings. The fraction of sp³-hybridized carbons (Fsp3) is 0.300. The van der Waals surface area contributed by atoms with Gasteiger partial charge in [-0.05, 0) is 30.7 Å². The monoisotopic (exact) mass is 372 g/mol. The van der Waals surface area contributed by atoms with Crippen LogP contribution in [0.25, 0.3) is 0 Å². The van der Waals surface area contributed by atoms with Gasteiger partial charge in [-0.3, -0.25) is 9.59 Å². The Morgan fingerprint density at radius 1 is 1.23 bits per heavy atom. The van der Waals surface area contributed by atoms with Gasteiger partial charge in [-0.15, -0.1) is 0 Å². The quantitative estimate of drug-likeness (QED) is 0.845. The summed E-state index contributed by atoms with van der Waals surface area (Å²) in [6.45, 7) is 3.10. The first kappa shape index (κ1) is 18.3. The Balaban J connectivity index is 1.66. The average molecular weight is 373 g/mol. The van der Waals surface area contributed by atoms with Gasteiger partial charge in [0.25, 0.3) is 0 Å². The second kappa shape index (κ2) is 8.23. The number of hydrogen-bond acceptors (Lipinski definition) is 3. The van der Waals surface area contributed by atoms with Crippen molar-refractivity contribution in [3.8, 4) is 5.75 Å². The second-order valence-corrected chi connectivity index (χ2v) is 6.52. The molecule has 5 nitrogen and oxygen atoms in total. The van der Waals surface area contributed by atoms with E-state index in [1.165, 1.54) is 0 Å². The van der Waals surface area contributed by atoms with Crippen molar-refractivity contribution in [2.24, 2.45) is 5.92 Å². The lowest BCUT2D eigenvalue weighted by Gasteiger charge is -2.20. The maximum absolute atomic E-state index is 12.5. The summed E-state index contributed by atoms with van der Waals surface area (Å²) in [4.78, 5) is 26.6. The van der Waals surface area contributed by atoms with Gasteiger partial charge in [0, 0.05) is 24.5 Å². The van der Waals surface area contributed by atoms with Crippen molar-refractivity contribution in [1.82, 2.24) is 5.32 Å². The fourth-order valence-corrected chi connectivity index (χ4v) is 3.24. The van der Waals surface area contributed by atoms with E-state index < -0.39 is 0 Å². The number of benzene rings is 2. The van der Waals surface area contributed by atoms with Crippen molar-refractivity contribution in [2.45, 2.75) is 19.9 Å². The zero-order valence-corrected chi connectivity index (χ0v) is 15.3. The molecule has 26 heavy (non-hydrogen) atoms. The molecule has 1 saturated heterocycles. The van der Waals surface area contributed by atoms with E-state index in [9.17, 15) is 9.59 Å². The minimum absolute atomic E-state index is 0.0740. The van der Waals surface area contributed by atoms with Crippen LogP contribution in [0.4, 0.5) is 5.69 Å². The number of ether oxygens (including phenoxy) is 1. The molecular formula is C20H21ClN2O3. The van der Waals surface area contributed by atoms with Crippen LogP contribution in [0.1, 0.15) is 18.9 Å². The molecule has 0 unspecified atom stereocenters. The van der Waals surface area contributed by atoms with Gasteiger partial charge >= 0.3 is 0 Å². The number of para-hydroxylation sites is 2. The van der Waals surface area contributed by atoms with Crippen LogP contribution >= 0.6 is 11.6 Å². The second-order valence-electron chi connectivity index (χ2n) is 6.12. The average Bonchev–Trinajstić information content (AvgIpc) is 3.03. The van der Waals surface area contributed by atoms with E-state index >= 15 is 0 Å². The van der Waals surface area contributed by atoms with Crippen molar-refractivity contribution in [3.05, 3.63) is 59.1 Å². The summed E-state index contributed by atoms with van der Waals surface area (Å²) in [5.41, 5.74) is 1.56. The van der Waals surface area contributed by atoms with E-state index in [1.807, 2.05) is 49.4 Å². The lowest BCUT2D eigenvalue weighted by Crippen LogP contribution is -2.32. The van der Waals surface area contributed by atoms with Crippen LogP contribution in [0.2, 0.25) is 5.02 Å². The highest BCUT2D eigenvalue weighted by Gasteiger charge is 2.36. The highest BCUT2D eigenvalue weighted by molar-refractivity contribution is 6.31. The van der Waals surface area contributed by atoms with Crippen LogP contribution in [0.5, 0.6) is 5.75 Å². The van der Waals surface area contributed by atoms with Crippen molar-refractivity contribution in [3.63, 3.8) is 0 Å². The minimum atomic E-state index is -0.389. The first-order valence-electron chi connectivity index (χ1n) is 8.63. The molecule has 1 N–H and O–H groups in total. The van der Waals surface area contributed by atoms with E-state index in [1.54, 1.807) is 11.0 Å². The van der Waals surface area contributed by atoms with Gasteiger partial charge in [0.2, 0.25) is 11.8 Å². The van der Waals surface area contributed by atoms with Crippen molar-refractivity contribution in [2.75, 3.05) is 18.1 Å². The zero-order chi connectivity index (χ0) is 18.5. The van der Waals surface area contributed by atoms with Crippen LogP contribution in [0.15, 0.2) is 48.5 Å².